The number of allylic oxidation sites excluding steroid dienone is 2. The fraction of sp³-hybridized carbons (Fsp3) is 0.739. The van der Waals surface area contributed by atoms with E-state index in [-0.39, 0.29) is 47.4 Å². The van der Waals surface area contributed by atoms with E-state index in [9.17, 15) is 9.59 Å². The van der Waals surface area contributed by atoms with Crippen LogP contribution in [0.5, 0.6) is 0 Å². The van der Waals surface area contributed by atoms with E-state index >= 15 is 0 Å². The second kappa shape index (κ2) is 8.37. The van der Waals surface area contributed by atoms with Crippen LogP contribution in [0.2, 0.25) is 0 Å². The predicted molar refractivity (Wildman–Crippen MR) is 114 cm³/mol. The zero-order valence-corrected chi connectivity index (χ0v) is 18.3. The van der Waals surface area contributed by atoms with Crippen molar-refractivity contribution in [2.24, 2.45) is 29.1 Å². The molecule has 0 aromatic carbocycles. The van der Waals surface area contributed by atoms with Crippen LogP contribution in [0.4, 0.5) is 0 Å². The minimum atomic E-state index is -0.303. The molecule has 4 atom stereocenters. The van der Waals surface area contributed by atoms with Gasteiger partial charge in [-0.25, -0.2) is 4.63 Å². The molecule has 2 heterocycles. The van der Waals surface area contributed by atoms with Crippen LogP contribution in [0.3, 0.4) is 0 Å². The summed E-state index contributed by atoms with van der Waals surface area (Å²) in [6.45, 7) is 6.33. The second-order valence-corrected chi connectivity index (χ2v) is 9.78. The lowest BCUT2D eigenvalue weighted by Gasteiger charge is -2.26. The summed E-state index contributed by atoms with van der Waals surface area (Å²) in [5, 5.41) is 13.8. The maximum absolute atomic E-state index is 13.2. The van der Waals surface area contributed by atoms with Crippen molar-refractivity contribution in [3.8, 4) is 0 Å². The Morgan fingerprint density at radius 2 is 1.74 bits per heavy atom. The molecule has 1 saturated heterocycles. The van der Waals surface area contributed by atoms with E-state index in [1.807, 2.05) is 0 Å². The molecule has 0 unspecified atom stereocenters. The number of unbranched alkanes of at least 4 members (excludes halogenated alkanes) is 1. The highest BCUT2D eigenvalue weighted by atomic mass is 16.6. The number of hydrogen-bond donors (Lipinski definition) is 2. The Hall–Kier alpha value is -2.22. The van der Waals surface area contributed by atoms with E-state index in [0.717, 1.165) is 32.2 Å². The fourth-order valence-corrected chi connectivity index (χ4v) is 6.20. The molecule has 8 heteroatoms. The van der Waals surface area contributed by atoms with E-state index in [1.54, 1.807) is 6.92 Å². The lowest BCUT2D eigenvalue weighted by atomic mass is 9.81. The van der Waals surface area contributed by atoms with Crippen molar-refractivity contribution in [2.45, 2.75) is 52.0 Å². The summed E-state index contributed by atoms with van der Waals surface area (Å²) in [6.07, 6.45) is 11.3. The normalized spacial score (nSPS) is 30.2. The first kappa shape index (κ1) is 20.7. The van der Waals surface area contributed by atoms with Crippen LogP contribution < -0.4 is 10.6 Å². The molecular weight excluding hydrogens is 394 g/mol. The summed E-state index contributed by atoms with van der Waals surface area (Å²) in [6, 6.07) is 0. The lowest BCUT2D eigenvalue weighted by Crippen LogP contribution is -2.44. The van der Waals surface area contributed by atoms with Gasteiger partial charge in [-0.3, -0.25) is 9.59 Å². The number of nitrogens with zero attached hydrogens (tertiary/aromatic N) is 3. The summed E-state index contributed by atoms with van der Waals surface area (Å²) in [5.74, 6) is -0.230. The molecule has 3 fully saturated rings. The maximum atomic E-state index is 13.2. The average molecular weight is 428 g/mol. The SMILES string of the molecule is Cc1nonc1CNC(=O)[C@H]1[C@H](C(=O)NCCCCN2CCCC2)[C@H]2C=C[C@H]1C21CC1. The van der Waals surface area contributed by atoms with Crippen LogP contribution in [0.1, 0.15) is 49.9 Å². The van der Waals surface area contributed by atoms with Crippen molar-refractivity contribution in [1.82, 2.24) is 25.8 Å². The summed E-state index contributed by atoms with van der Waals surface area (Å²) >= 11 is 0. The van der Waals surface area contributed by atoms with Crippen molar-refractivity contribution >= 4 is 11.8 Å². The summed E-state index contributed by atoms with van der Waals surface area (Å²) in [4.78, 5) is 28.9. The van der Waals surface area contributed by atoms with Crippen LogP contribution in [0.15, 0.2) is 16.8 Å². The van der Waals surface area contributed by atoms with Gasteiger partial charge in [0.1, 0.15) is 11.4 Å². The first-order valence-electron chi connectivity index (χ1n) is 11.8. The van der Waals surface area contributed by atoms with Gasteiger partial charge in [-0.2, -0.15) is 0 Å². The molecule has 1 aliphatic heterocycles. The highest BCUT2D eigenvalue weighted by molar-refractivity contribution is 5.90. The van der Waals surface area contributed by atoms with Crippen LogP contribution >= 0.6 is 0 Å². The van der Waals surface area contributed by atoms with E-state index in [2.05, 4.69) is 38.0 Å². The number of amides is 2. The standard InChI is InChI=1S/C23H33N5O3/c1-15-18(27-31-26-15)14-25-22(30)20-17-7-6-16(23(17)8-9-23)19(20)21(29)24-10-2-3-11-28-12-4-5-13-28/h6-7,16-17,19-20H,2-5,8-14H2,1H3,(H,24,29)(H,25,30)/t16-,17-,19-,20-/m1/s1. The van der Waals surface area contributed by atoms with Crippen LogP contribution in [0.25, 0.3) is 0 Å². The van der Waals surface area contributed by atoms with Gasteiger partial charge in [-0.1, -0.05) is 22.5 Å². The van der Waals surface area contributed by atoms with Crippen molar-refractivity contribution in [1.29, 1.82) is 0 Å². The largest absolute Gasteiger partial charge is 0.356 e. The molecule has 0 radical (unpaired) electrons. The van der Waals surface area contributed by atoms with E-state index in [4.69, 9.17) is 4.63 Å². The minimum Gasteiger partial charge on any atom is -0.356 e. The number of aromatic nitrogens is 2. The summed E-state index contributed by atoms with van der Waals surface area (Å²) < 4.78 is 4.72. The van der Waals surface area contributed by atoms with E-state index in [1.165, 1.54) is 25.9 Å². The van der Waals surface area contributed by atoms with Gasteiger partial charge in [-0.15, -0.1) is 0 Å². The minimum absolute atomic E-state index is 0.0451. The quantitative estimate of drug-likeness (QED) is 0.461. The topological polar surface area (TPSA) is 100 Å². The third kappa shape index (κ3) is 3.79. The first-order valence-corrected chi connectivity index (χ1v) is 11.8. The molecule has 31 heavy (non-hydrogen) atoms. The Bertz CT molecular complexity index is 855. The molecule has 2 N–H and O–H groups in total. The van der Waals surface area contributed by atoms with Gasteiger partial charge in [0.2, 0.25) is 11.8 Å². The molecule has 1 aromatic rings. The number of carbonyl (C=O) groups is 2. The van der Waals surface area contributed by atoms with Crippen molar-refractivity contribution in [2.75, 3.05) is 26.2 Å². The van der Waals surface area contributed by atoms with Gasteiger partial charge < -0.3 is 15.5 Å². The molecule has 8 nitrogen and oxygen atoms in total. The summed E-state index contributed by atoms with van der Waals surface area (Å²) in [7, 11) is 0. The molecule has 1 aromatic heterocycles. The molecule has 2 amide bonds. The van der Waals surface area contributed by atoms with E-state index < -0.39 is 0 Å². The predicted octanol–water partition coefficient (Wildman–Crippen LogP) is 1.81. The van der Waals surface area contributed by atoms with Crippen LogP contribution in [0, 0.1) is 36.0 Å². The number of hydrogen-bond acceptors (Lipinski definition) is 6. The molecule has 3 aliphatic carbocycles. The van der Waals surface area contributed by atoms with Crippen molar-refractivity contribution < 1.29 is 14.2 Å². The molecule has 2 saturated carbocycles. The lowest BCUT2D eigenvalue weighted by molar-refractivity contribution is -0.135. The van der Waals surface area contributed by atoms with Gasteiger partial charge in [0.05, 0.1) is 18.4 Å². The molecule has 4 aliphatic rings. The Morgan fingerprint density at radius 3 is 2.35 bits per heavy atom. The Labute approximate surface area is 183 Å². The zero-order valence-electron chi connectivity index (χ0n) is 18.3. The summed E-state index contributed by atoms with van der Waals surface area (Å²) in [5.41, 5.74) is 1.45. The molecular formula is C23H33N5O3. The third-order valence-electron chi connectivity index (χ3n) is 8.02. The van der Waals surface area contributed by atoms with Crippen LogP contribution in [-0.2, 0) is 16.1 Å². The smallest absolute Gasteiger partial charge is 0.224 e. The van der Waals surface area contributed by atoms with E-state index in [0.29, 0.717) is 17.9 Å². The van der Waals surface area contributed by atoms with Crippen molar-refractivity contribution in [3.63, 3.8) is 0 Å². The van der Waals surface area contributed by atoms with Crippen LogP contribution in [-0.4, -0.2) is 53.2 Å². The third-order valence-corrected chi connectivity index (χ3v) is 8.02. The Balaban J connectivity index is 1.18. The highest BCUT2D eigenvalue weighted by Crippen LogP contribution is 2.72. The van der Waals surface area contributed by atoms with Gasteiger partial charge in [0.25, 0.3) is 0 Å². The highest BCUT2D eigenvalue weighted by Gasteiger charge is 2.69. The fourth-order valence-electron chi connectivity index (χ4n) is 6.20. The molecule has 168 valence electrons. The maximum Gasteiger partial charge on any atom is 0.224 e. The Morgan fingerprint density at radius 1 is 1.06 bits per heavy atom. The van der Waals surface area contributed by atoms with Gasteiger partial charge >= 0.3 is 0 Å². The Kier molecular flexibility index (Phi) is 5.58. The van der Waals surface area contributed by atoms with Gasteiger partial charge in [-0.05, 0) is 82.3 Å². The number of rotatable bonds is 9. The number of nitrogens with one attached hydrogen (secondary N) is 2. The number of likely N-dealkylation sites (tertiary alicyclic amines) is 1. The van der Waals surface area contributed by atoms with Gasteiger partial charge in [0.15, 0.2) is 0 Å². The van der Waals surface area contributed by atoms with Gasteiger partial charge in [0, 0.05) is 6.54 Å². The molecule has 5 rings (SSSR count). The number of aryl methyl sites for hydroxylation is 1. The molecule has 2 bridgehead atoms. The monoisotopic (exact) mass is 427 g/mol. The zero-order chi connectivity index (χ0) is 21.4. The number of carbonyl (C=O) groups excluding carboxylic acids is 2. The molecule has 1 spiro atoms. The second-order valence-electron chi connectivity index (χ2n) is 9.78. The first-order chi connectivity index (χ1) is 15.1. The van der Waals surface area contributed by atoms with Crippen molar-refractivity contribution in [3.05, 3.63) is 23.5 Å². The average Bonchev–Trinajstić information content (AvgIpc) is 3.06.